The van der Waals surface area contributed by atoms with Gasteiger partial charge in [0.1, 0.15) is 30.3 Å². The summed E-state index contributed by atoms with van der Waals surface area (Å²) in [6.07, 6.45) is -0.892. The van der Waals surface area contributed by atoms with E-state index in [4.69, 9.17) is 13.9 Å². The summed E-state index contributed by atoms with van der Waals surface area (Å²) in [7, 11) is -1.98. The van der Waals surface area contributed by atoms with Crippen LogP contribution in [0.3, 0.4) is 0 Å². The van der Waals surface area contributed by atoms with Crippen molar-refractivity contribution in [1.82, 2.24) is 0 Å². The quantitative estimate of drug-likeness (QED) is 0.625. The molecule has 9 heteroatoms. The summed E-state index contributed by atoms with van der Waals surface area (Å²) in [4.78, 5) is 16.2. The highest BCUT2D eigenvalue weighted by Gasteiger charge is 2.48. The molecule has 0 aromatic heterocycles. The van der Waals surface area contributed by atoms with E-state index in [1.165, 1.54) is 11.0 Å². The molecule has 0 unspecified atom stereocenters. The molecule has 0 bridgehead atoms. The number of hydrogen-bond acceptors (Lipinski definition) is 6. The molecule has 1 aromatic carbocycles. The third-order valence-corrected chi connectivity index (χ3v) is 12.1. The summed E-state index contributed by atoms with van der Waals surface area (Å²) in [6, 6.07) is 2.83. The predicted molar refractivity (Wildman–Crippen MR) is 121 cm³/mol. The Labute approximate surface area is 183 Å². The Morgan fingerprint density at radius 1 is 1.23 bits per heavy atom. The standard InChI is InChI=1S/C21H31FN2O4SSi/c1-21(2,3)30(4,5)27-13-19-17-12-26-18-11-15(23-6-8-29-9-7-23)14(22)10-16(18)24(17)20(25)28-19/h10-11,17,19H,6-9,12-13H2,1-5H3/t17-,19-/m1/s1. The summed E-state index contributed by atoms with van der Waals surface area (Å²) < 4.78 is 32.9. The minimum Gasteiger partial charge on any atom is -0.489 e. The van der Waals surface area contributed by atoms with Crippen LogP contribution in [0.1, 0.15) is 20.8 Å². The second kappa shape index (κ2) is 7.91. The number of amides is 1. The number of nitrogens with zero attached hydrogens (tertiary/aromatic N) is 2. The van der Waals surface area contributed by atoms with Gasteiger partial charge in [0.2, 0.25) is 0 Å². The van der Waals surface area contributed by atoms with Crippen LogP contribution >= 0.6 is 11.8 Å². The number of hydrogen-bond donors (Lipinski definition) is 0. The van der Waals surface area contributed by atoms with Crippen molar-refractivity contribution in [3.05, 3.63) is 17.9 Å². The zero-order valence-corrected chi connectivity index (χ0v) is 20.2. The van der Waals surface area contributed by atoms with E-state index in [2.05, 4.69) is 33.9 Å². The SMILES string of the molecule is CC(C)(C)[Si](C)(C)OC[C@H]1OC(=O)N2c3cc(F)c(N4CCSCC4)cc3OC[C@H]12. The molecule has 0 spiro atoms. The van der Waals surface area contributed by atoms with Crippen LogP contribution in [0.2, 0.25) is 18.1 Å². The molecule has 0 saturated carbocycles. The first-order valence-corrected chi connectivity index (χ1v) is 14.6. The molecule has 0 radical (unpaired) electrons. The Bertz CT molecular complexity index is 826. The number of carbonyl (C=O) groups excluding carboxylic acids is 1. The van der Waals surface area contributed by atoms with Gasteiger partial charge in [0.25, 0.3) is 0 Å². The van der Waals surface area contributed by atoms with Gasteiger partial charge in [-0.3, -0.25) is 4.90 Å². The lowest BCUT2D eigenvalue weighted by atomic mass is 10.1. The van der Waals surface area contributed by atoms with Gasteiger partial charge in [0.05, 0.1) is 18.0 Å². The number of benzene rings is 1. The fraction of sp³-hybridized carbons (Fsp3) is 0.667. The average molecular weight is 455 g/mol. The van der Waals surface area contributed by atoms with E-state index in [-0.39, 0.29) is 16.9 Å². The number of thioether (sulfide) groups is 1. The van der Waals surface area contributed by atoms with Gasteiger partial charge in [-0.25, -0.2) is 9.18 Å². The summed E-state index contributed by atoms with van der Waals surface area (Å²) >= 11 is 1.87. The van der Waals surface area contributed by atoms with Gasteiger partial charge in [-0.2, -0.15) is 11.8 Å². The van der Waals surface area contributed by atoms with Crippen molar-refractivity contribution < 1.29 is 23.1 Å². The molecule has 2 saturated heterocycles. The second-order valence-electron chi connectivity index (χ2n) is 9.61. The van der Waals surface area contributed by atoms with Gasteiger partial charge >= 0.3 is 6.09 Å². The zero-order chi connectivity index (χ0) is 21.7. The van der Waals surface area contributed by atoms with Gasteiger partial charge < -0.3 is 18.8 Å². The van der Waals surface area contributed by atoms with E-state index in [1.54, 1.807) is 6.07 Å². The Kier molecular flexibility index (Phi) is 5.74. The molecule has 2 atom stereocenters. The molecule has 3 aliphatic heterocycles. The van der Waals surface area contributed by atoms with Crippen molar-refractivity contribution >= 4 is 37.5 Å². The van der Waals surface area contributed by atoms with Crippen LogP contribution in [0.15, 0.2) is 12.1 Å². The molecule has 0 aliphatic carbocycles. The van der Waals surface area contributed by atoms with Crippen molar-refractivity contribution in [2.45, 2.75) is 51.0 Å². The van der Waals surface area contributed by atoms with Crippen LogP contribution < -0.4 is 14.5 Å². The van der Waals surface area contributed by atoms with Gasteiger partial charge in [-0.1, -0.05) is 20.8 Å². The van der Waals surface area contributed by atoms with Gasteiger partial charge in [-0.05, 0) is 18.1 Å². The number of fused-ring (bicyclic) bond motifs is 3. The largest absolute Gasteiger partial charge is 0.489 e. The lowest BCUT2D eigenvalue weighted by molar-refractivity contribution is 0.0770. The Balaban J connectivity index is 1.53. The van der Waals surface area contributed by atoms with Crippen molar-refractivity contribution in [1.29, 1.82) is 0 Å². The summed E-state index contributed by atoms with van der Waals surface area (Å²) in [5.74, 6) is 2.16. The molecule has 1 amide bonds. The number of carbonyl (C=O) groups is 1. The lowest BCUT2D eigenvalue weighted by Crippen LogP contribution is -2.48. The Morgan fingerprint density at radius 3 is 2.60 bits per heavy atom. The van der Waals surface area contributed by atoms with E-state index in [1.807, 2.05) is 16.7 Å². The minimum absolute atomic E-state index is 0.0669. The topological polar surface area (TPSA) is 51.2 Å². The molecule has 4 rings (SSSR count). The molecular formula is C21H31FN2O4SSi. The zero-order valence-electron chi connectivity index (χ0n) is 18.4. The van der Waals surface area contributed by atoms with E-state index in [0.29, 0.717) is 30.3 Å². The molecule has 2 fully saturated rings. The average Bonchev–Trinajstić information content (AvgIpc) is 3.02. The fourth-order valence-electron chi connectivity index (χ4n) is 3.74. The molecule has 3 aliphatic rings. The third kappa shape index (κ3) is 3.91. The van der Waals surface area contributed by atoms with Gasteiger partial charge in [0, 0.05) is 36.7 Å². The number of rotatable bonds is 4. The number of anilines is 2. The van der Waals surface area contributed by atoms with Gasteiger partial charge in [0.15, 0.2) is 8.32 Å². The van der Waals surface area contributed by atoms with Crippen molar-refractivity contribution in [2.24, 2.45) is 0 Å². The normalized spacial score (nSPS) is 24.3. The highest BCUT2D eigenvalue weighted by molar-refractivity contribution is 7.99. The van der Waals surface area contributed by atoms with Gasteiger partial charge in [-0.15, -0.1) is 0 Å². The van der Waals surface area contributed by atoms with Crippen LogP contribution in [0.25, 0.3) is 0 Å². The van der Waals surface area contributed by atoms with Crippen molar-refractivity contribution in [3.8, 4) is 5.75 Å². The molecule has 166 valence electrons. The first-order valence-electron chi connectivity index (χ1n) is 10.5. The first-order chi connectivity index (χ1) is 14.1. The highest BCUT2D eigenvalue weighted by atomic mass is 32.2. The smallest absolute Gasteiger partial charge is 0.415 e. The summed E-state index contributed by atoms with van der Waals surface area (Å²) in [5, 5.41) is 0.0669. The van der Waals surface area contributed by atoms with Crippen LogP contribution in [0.4, 0.5) is 20.6 Å². The predicted octanol–water partition coefficient (Wildman–Crippen LogP) is 4.49. The van der Waals surface area contributed by atoms with E-state index >= 15 is 0 Å². The van der Waals surface area contributed by atoms with E-state index in [0.717, 1.165) is 24.6 Å². The Hall–Kier alpha value is -1.45. The number of halogens is 1. The second-order valence-corrected chi connectivity index (χ2v) is 15.6. The molecule has 1 aromatic rings. The summed E-state index contributed by atoms with van der Waals surface area (Å²) in [6.45, 7) is 13.1. The van der Waals surface area contributed by atoms with E-state index < -0.39 is 20.5 Å². The minimum atomic E-state index is -1.98. The molecule has 3 heterocycles. The molecule has 30 heavy (non-hydrogen) atoms. The third-order valence-electron chi connectivity index (χ3n) is 6.67. The van der Waals surface area contributed by atoms with Crippen LogP contribution in [0.5, 0.6) is 5.75 Å². The van der Waals surface area contributed by atoms with Crippen LogP contribution in [-0.4, -0.2) is 64.4 Å². The molecule has 6 nitrogen and oxygen atoms in total. The fourth-order valence-corrected chi connectivity index (χ4v) is 5.65. The Morgan fingerprint density at radius 2 is 1.93 bits per heavy atom. The number of cyclic esters (lactones) is 1. The molecule has 0 N–H and O–H groups in total. The van der Waals surface area contributed by atoms with Crippen LogP contribution in [0, 0.1) is 5.82 Å². The van der Waals surface area contributed by atoms with E-state index in [9.17, 15) is 9.18 Å². The maximum Gasteiger partial charge on any atom is 0.415 e. The molecular weight excluding hydrogens is 423 g/mol. The van der Waals surface area contributed by atoms with Crippen molar-refractivity contribution in [2.75, 3.05) is 47.6 Å². The monoisotopic (exact) mass is 454 g/mol. The maximum absolute atomic E-state index is 15.0. The lowest BCUT2D eigenvalue weighted by Gasteiger charge is -2.38. The number of ether oxygens (including phenoxy) is 2. The van der Waals surface area contributed by atoms with Crippen molar-refractivity contribution in [3.63, 3.8) is 0 Å². The highest BCUT2D eigenvalue weighted by Crippen LogP contribution is 2.43. The first kappa shape index (κ1) is 21.8. The van der Waals surface area contributed by atoms with Crippen LogP contribution in [-0.2, 0) is 9.16 Å². The summed E-state index contributed by atoms with van der Waals surface area (Å²) in [5.41, 5.74) is 0.983. The maximum atomic E-state index is 15.0.